The number of hydrogen-bond donors (Lipinski definition) is 0. The van der Waals surface area contributed by atoms with E-state index in [1.807, 2.05) is 0 Å². The Hall–Kier alpha value is -1.54. The predicted octanol–water partition coefficient (Wildman–Crippen LogP) is 4.23. The molecule has 0 aromatic rings. The van der Waals surface area contributed by atoms with E-state index in [4.69, 9.17) is 28.4 Å². The highest BCUT2D eigenvalue weighted by atomic mass is 16.7. The summed E-state index contributed by atoms with van der Waals surface area (Å²) in [5.74, 6) is 1.49. The van der Waals surface area contributed by atoms with Crippen LogP contribution in [0.15, 0.2) is 0 Å². The fourth-order valence-electron chi connectivity index (χ4n) is 5.67. The van der Waals surface area contributed by atoms with Crippen LogP contribution in [-0.4, -0.2) is 63.2 Å². The Kier molecular flexibility index (Phi) is 7.07. The highest BCUT2D eigenvalue weighted by Crippen LogP contribution is 2.40. The van der Waals surface area contributed by atoms with Crippen molar-refractivity contribution in [3.05, 3.63) is 0 Å². The van der Waals surface area contributed by atoms with Crippen LogP contribution in [0.1, 0.15) is 64.2 Å². The fourth-order valence-corrected chi connectivity index (χ4v) is 5.67. The highest BCUT2D eigenvalue weighted by Gasteiger charge is 2.44. The van der Waals surface area contributed by atoms with Gasteiger partial charge in [-0.2, -0.15) is 0 Å². The molecule has 32 heavy (non-hydrogen) atoms. The van der Waals surface area contributed by atoms with Crippen molar-refractivity contribution in [3.63, 3.8) is 0 Å². The van der Waals surface area contributed by atoms with E-state index in [1.165, 1.54) is 0 Å². The summed E-state index contributed by atoms with van der Waals surface area (Å²) >= 11 is 0. The van der Waals surface area contributed by atoms with Gasteiger partial charge >= 0.3 is 12.3 Å². The van der Waals surface area contributed by atoms with Gasteiger partial charge in [-0.1, -0.05) is 0 Å². The van der Waals surface area contributed by atoms with E-state index >= 15 is 0 Å². The first kappa shape index (κ1) is 22.3. The highest BCUT2D eigenvalue weighted by molar-refractivity contribution is 5.60. The van der Waals surface area contributed by atoms with Crippen molar-refractivity contribution < 1.29 is 38.0 Å². The van der Waals surface area contributed by atoms with Gasteiger partial charge in [-0.25, -0.2) is 9.59 Å². The van der Waals surface area contributed by atoms with Gasteiger partial charge in [0.1, 0.15) is 0 Å². The van der Waals surface area contributed by atoms with Crippen molar-refractivity contribution in [1.29, 1.82) is 0 Å². The molecule has 0 bridgehead atoms. The van der Waals surface area contributed by atoms with Gasteiger partial charge in [0.2, 0.25) is 0 Å². The van der Waals surface area contributed by atoms with E-state index in [0.29, 0.717) is 74.5 Å². The van der Waals surface area contributed by atoms with Crippen LogP contribution in [0.2, 0.25) is 0 Å². The van der Waals surface area contributed by atoms with E-state index in [-0.39, 0.29) is 0 Å². The van der Waals surface area contributed by atoms with Gasteiger partial charge in [-0.3, -0.25) is 0 Å². The molecule has 3 saturated carbocycles. The molecule has 2 aliphatic heterocycles. The molecule has 6 unspecified atom stereocenters. The molecule has 0 aromatic carbocycles. The second-order valence-corrected chi connectivity index (χ2v) is 10.4. The molecule has 0 spiro atoms. The first-order valence-electron chi connectivity index (χ1n) is 12.5. The number of rotatable bonds is 8. The fraction of sp³-hybridized carbons (Fsp3) is 0.917. The lowest BCUT2D eigenvalue weighted by molar-refractivity contribution is 0.0142. The maximum Gasteiger partial charge on any atom is 0.508 e. The Balaban J connectivity index is 0.880. The molecular formula is C24H36O8. The number of hydrogen-bond acceptors (Lipinski definition) is 8. The van der Waals surface area contributed by atoms with E-state index in [1.54, 1.807) is 0 Å². The smallest absolute Gasteiger partial charge is 0.434 e. The first-order valence-corrected chi connectivity index (χ1v) is 12.5. The zero-order valence-corrected chi connectivity index (χ0v) is 18.8. The molecule has 3 aliphatic carbocycles. The molecule has 8 heteroatoms. The van der Waals surface area contributed by atoms with Gasteiger partial charge in [0, 0.05) is 0 Å². The molecule has 180 valence electrons. The van der Waals surface area contributed by atoms with Crippen LogP contribution in [0.3, 0.4) is 0 Å². The molecule has 5 aliphatic rings. The van der Waals surface area contributed by atoms with Gasteiger partial charge in [-0.05, 0) is 87.9 Å². The molecule has 0 aromatic heterocycles. The Labute approximate surface area is 189 Å². The summed E-state index contributed by atoms with van der Waals surface area (Å²) in [6, 6.07) is 0. The lowest BCUT2D eigenvalue weighted by atomic mass is 9.83. The van der Waals surface area contributed by atoms with Gasteiger partial charge in [0.05, 0.1) is 50.8 Å². The molecule has 5 rings (SSSR count). The van der Waals surface area contributed by atoms with Crippen molar-refractivity contribution in [2.75, 3.05) is 26.4 Å². The summed E-state index contributed by atoms with van der Waals surface area (Å²) < 4.78 is 32.3. The maximum atomic E-state index is 11.9. The second-order valence-electron chi connectivity index (χ2n) is 10.4. The third-order valence-corrected chi connectivity index (χ3v) is 7.94. The quantitative estimate of drug-likeness (QED) is 0.399. The van der Waals surface area contributed by atoms with Crippen LogP contribution >= 0.6 is 0 Å². The standard InChI is InChI=1S/C24H36O8/c25-23(29-13-17-5-7-19-21(9-17)31-19)27-11-15-1-2-16(4-3-15)12-28-24(26)30-14-18-6-8-20-22(10-18)32-20/h15-22H,1-14H2. The maximum absolute atomic E-state index is 11.9. The van der Waals surface area contributed by atoms with Crippen molar-refractivity contribution in [1.82, 2.24) is 0 Å². The van der Waals surface area contributed by atoms with Crippen molar-refractivity contribution in [2.45, 2.75) is 88.6 Å². The largest absolute Gasteiger partial charge is 0.508 e. The normalized spacial score (nSPS) is 39.8. The summed E-state index contributed by atoms with van der Waals surface area (Å²) in [5.41, 5.74) is 0. The van der Waals surface area contributed by atoms with Crippen LogP contribution in [-0.2, 0) is 28.4 Å². The number of carbonyl (C=O) groups is 2. The topological polar surface area (TPSA) is 96.1 Å². The van der Waals surface area contributed by atoms with Crippen LogP contribution in [0, 0.1) is 23.7 Å². The summed E-state index contributed by atoms with van der Waals surface area (Å²) in [6.07, 6.45) is 10.7. The average molecular weight is 453 g/mol. The third-order valence-electron chi connectivity index (χ3n) is 7.94. The summed E-state index contributed by atoms with van der Waals surface area (Å²) in [7, 11) is 0. The monoisotopic (exact) mass is 452 g/mol. The predicted molar refractivity (Wildman–Crippen MR) is 112 cm³/mol. The Bertz CT molecular complexity index is 604. The van der Waals surface area contributed by atoms with E-state index in [2.05, 4.69) is 0 Å². The Morgan fingerprint density at radius 3 is 1.22 bits per heavy atom. The average Bonchev–Trinajstić information content (AvgIpc) is 3.73. The minimum absolute atomic E-state index is 0.348. The zero-order chi connectivity index (χ0) is 21.9. The number of epoxide rings is 2. The SMILES string of the molecule is O=C(OCC1CCC(COC(=O)OCC2CCC3OC3C2)CC1)OCC1CCC2OC2C1. The van der Waals surface area contributed by atoms with Crippen LogP contribution in [0.4, 0.5) is 9.59 Å². The van der Waals surface area contributed by atoms with Crippen LogP contribution in [0.25, 0.3) is 0 Å². The number of fused-ring (bicyclic) bond motifs is 2. The van der Waals surface area contributed by atoms with Crippen LogP contribution < -0.4 is 0 Å². The molecule has 0 amide bonds. The van der Waals surface area contributed by atoms with Crippen molar-refractivity contribution in [2.24, 2.45) is 23.7 Å². The van der Waals surface area contributed by atoms with Gasteiger partial charge < -0.3 is 28.4 Å². The van der Waals surface area contributed by atoms with Crippen LogP contribution in [0.5, 0.6) is 0 Å². The van der Waals surface area contributed by atoms with E-state index in [0.717, 1.165) is 64.2 Å². The Morgan fingerprint density at radius 1 is 0.500 bits per heavy atom. The van der Waals surface area contributed by atoms with Crippen molar-refractivity contribution >= 4 is 12.3 Å². The summed E-state index contributed by atoms with van der Waals surface area (Å²) in [6.45, 7) is 1.67. The summed E-state index contributed by atoms with van der Waals surface area (Å²) in [4.78, 5) is 23.8. The molecule has 8 nitrogen and oxygen atoms in total. The lowest BCUT2D eigenvalue weighted by Gasteiger charge is -2.27. The van der Waals surface area contributed by atoms with E-state index in [9.17, 15) is 9.59 Å². The minimum atomic E-state index is -0.557. The molecular weight excluding hydrogens is 416 g/mol. The van der Waals surface area contributed by atoms with Gasteiger partial charge in [0.25, 0.3) is 0 Å². The van der Waals surface area contributed by atoms with Crippen molar-refractivity contribution in [3.8, 4) is 0 Å². The van der Waals surface area contributed by atoms with Gasteiger partial charge in [0.15, 0.2) is 0 Å². The molecule has 0 N–H and O–H groups in total. The van der Waals surface area contributed by atoms with Gasteiger partial charge in [-0.15, -0.1) is 0 Å². The summed E-state index contributed by atoms with van der Waals surface area (Å²) in [5, 5.41) is 0. The molecule has 2 heterocycles. The third kappa shape index (κ3) is 6.28. The first-order chi connectivity index (χ1) is 15.6. The Morgan fingerprint density at radius 2 is 0.844 bits per heavy atom. The molecule has 6 atom stereocenters. The number of carbonyl (C=O) groups excluding carboxylic acids is 2. The zero-order valence-electron chi connectivity index (χ0n) is 18.8. The lowest BCUT2D eigenvalue weighted by Crippen LogP contribution is -2.26. The minimum Gasteiger partial charge on any atom is -0.434 e. The second kappa shape index (κ2) is 10.2. The molecule has 2 saturated heterocycles. The number of ether oxygens (including phenoxy) is 6. The van der Waals surface area contributed by atoms with E-state index < -0.39 is 12.3 Å². The molecule has 5 fully saturated rings. The molecule has 0 radical (unpaired) electrons.